The molecule has 14 heteroatoms. The zero-order valence-electron chi connectivity index (χ0n) is 20.4. The Labute approximate surface area is 210 Å². The second-order valence-electron chi connectivity index (χ2n) is 8.13. The fourth-order valence-electron chi connectivity index (χ4n) is 3.64. The summed E-state index contributed by atoms with van der Waals surface area (Å²) < 4.78 is 4.68. The SMILES string of the molecule is CCn1ncc(NC(=O)c2ccn(Cn3nnc(-c4ccccc4)n3)n2)c1C(=O)Nc1cnn(C)c1C. The maximum absolute atomic E-state index is 13.1. The van der Waals surface area contributed by atoms with Gasteiger partial charge in [-0.1, -0.05) is 30.3 Å². The number of hydrogen-bond acceptors (Lipinski definition) is 8. The van der Waals surface area contributed by atoms with Crippen LogP contribution in [0.2, 0.25) is 0 Å². The van der Waals surface area contributed by atoms with Crippen LogP contribution in [0.1, 0.15) is 33.6 Å². The predicted molar refractivity (Wildman–Crippen MR) is 133 cm³/mol. The van der Waals surface area contributed by atoms with Crippen molar-refractivity contribution in [3.05, 3.63) is 72.1 Å². The Bertz CT molecular complexity index is 1560. The molecule has 0 fully saturated rings. The molecule has 0 aliphatic carbocycles. The molecule has 4 aromatic heterocycles. The van der Waals surface area contributed by atoms with Crippen LogP contribution in [0.5, 0.6) is 0 Å². The summed E-state index contributed by atoms with van der Waals surface area (Å²) in [6.45, 7) is 4.30. The van der Waals surface area contributed by atoms with Gasteiger partial charge in [-0.25, -0.2) is 4.68 Å². The lowest BCUT2D eigenvalue weighted by Crippen LogP contribution is -2.21. The normalized spacial score (nSPS) is 11.0. The topological polar surface area (TPSA) is 155 Å². The molecular weight excluding hydrogens is 476 g/mol. The first-order valence-electron chi connectivity index (χ1n) is 11.5. The van der Waals surface area contributed by atoms with E-state index in [9.17, 15) is 9.59 Å². The van der Waals surface area contributed by atoms with Crippen molar-refractivity contribution in [2.45, 2.75) is 27.1 Å². The lowest BCUT2D eigenvalue weighted by Gasteiger charge is -2.09. The van der Waals surface area contributed by atoms with Gasteiger partial charge in [0.25, 0.3) is 11.8 Å². The number of hydrogen-bond donors (Lipinski definition) is 2. The molecule has 5 rings (SSSR count). The van der Waals surface area contributed by atoms with Crippen LogP contribution in [0.3, 0.4) is 0 Å². The molecule has 188 valence electrons. The van der Waals surface area contributed by atoms with E-state index in [-0.39, 0.29) is 23.7 Å². The van der Waals surface area contributed by atoms with Crippen LogP contribution in [0.4, 0.5) is 11.4 Å². The lowest BCUT2D eigenvalue weighted by molar-refractivity contribution is 0.101. The van der Waals surface area contributed by atoms with Crippen LogP contribution in [0.25, 0.3) is 11.4 Å². The first-order chi connectivity index (χ1) is 17.9. The number of amides is 2. The zero-order chi connectivity index (χ0) is 25.9. The number of aromatic nitrogens is 10. The van der Waals surface area contributed by atoms with Crippen LogP contribution >= 0.6 is 0 Å². The molecule has 0 aliphatic heterocycles. The highest BCUT2D eigenvalue weighted by Gasteiger charge is 2.22. The van der Waals surface area contributed by atoms with Crippen molar-refractivity contribution in [3.8, 4) is 11.4 Å². The fraction of sp³-hybridized carbons (Fsp3) is 0.217. The van der Waals surface area contributed by atoms with Crippen LogP contribution in [-0.4, -0.2) is 61.4 Å². The van der Waals surface area contributed by atoms with Crippen LogP contribution < -0.4 is 10.6 Å². The highest BCUT2D eigenvalue weighted by Crippen LogP contribution is 2.20. The average Bonchev–Trinajstić information content (AvgIpc) is 3.70. The van der Waals surface area contributed by atoms with E-state index in [0.29, 0.717) is 18.1 Å². The van der Waals surface area contributed by atoms with Crippen molar-refractivity contribution in [2.24, 2.45) is 7.05 Å². The van der Waals surface area contributed by atoms with Crippen molar-refractivity contribution in [3.63, 3.8) is 0 Å². The number of carbonyl (C=O) groups excluding carboxylic acids is 2. The van der Waals surface area contributed by atoms with Crippen molar-refractivity contribution in [1.82, 2.24) is 49.5 Å². The Morgan fingerprint density at radius 2 is 1.70 bits per heavy atom. The Morgan fingerprint density at radius 1 is 0.946 bits per heavy atom. The monoisotopic (exact) mass is 500 g/mol. The largest absolute Gasteiger partial charge is 0.318 e. The number of nitrogens with zero attached hydrogens (tertiary/aromatic N) is 10. The first kappa shape index (κ1) is 23.6. The van der Waals surface area contributed by atoms with Gasteiger partial charge in [0, 0.05) is 25.4 Å². The van der Waals surface area contributed by atoms with Crippen LogP contribution in [-0.2, 0) is 20.3 Å². The summed E-state index contributed by atoms with van der Waals surface area (Å²) in [6, 6.07) is 11.1. The summed E-state index contributed by atoms with van der Waals surface area (Å²) in [5.41, 5.74) is 2.86. The Morgan fingerprint density at radius 3 is 2.43 bits per heavy atom. The van der Waals surface area contributed by atoms with Crippen molar-refractivity contribution in [1.29, 1.82) is 0 Å². The van der Waals surface area contributed by atoms with E-state index in [2.05, 4.69) is 41.3 Å². The Hall–Kier alpha value is -5.14. The van der Waals surface area contributed by atoms with E-state index in [1.54, 1.807) is 30.2 Å². The molecule has 2 N–H and O–H groups in total. The summed E-state index contributed by atoms with van der Waals surface area (Å²) in [4.78, 5) is 27.4. The second-order valence-corrected chi connectivity index (χ2v) is 8.13. The summed E-state index contributed by atoms with van der Waals surface area (Å²) >= 11 is 0. The minimum absolute atomic E-state index is 0.155. The molecule has 0 spiro atoms. The third-order valence-electron chi connectivity index (χ3n) is 5.72. The third-order valence-corrected chi connectivity index (χ3v) is 5.72. The van der Waals surface area contributed by atoms with Crippen LogP contribution in [0.15, 0.2) is 55.0 Å². The molecule has 0 saturated heterocycles. The summed E-state index contributed by atoms with van der Waals surface area (Å²) in [6.07, 6.45) is 4.64. The van der Waals surface area contributed by atoms with Gasteiger partial charge in [-0.3, -0.25) is 19.0 Å². The maximum atomic E-state index is 13.1. The Balaban J connectivity index is 1.29. The Kier molecular flexibility index (Phi) is 6.28. The smallest absolute Gasteiger partial charge is 0.276 e. The number of nitrogens with one attached hydrogen (secondary N) is 2. The van der Waals surface area contributed by atoms with Gasteiger partial charge in [0.15, 0.2) is 12.4 Å². The molecule has 2 amide bonds. The van der Waals surface area contributed by atoms with E-state index in [4.69, 9.17) is 0 Å². The molecule has 0 radical (unpaired) electrons. The minimum Gasteiger partial charge on any atom is -0.318 e. The van der Waals surface area contributed by atoms with Crippen LogP contribution in [0, 0.1) is 6.92 Å². The molecule has 5 aromatic rings. The molecule has 4 heterocycles. The number of rotatable bonds is 8. The third kappa shape index (κ3) is 4.84. The van der Waals surface area contributed by atoms with E-state index >= 15 is 0 Å². The first-order valence-corrected chi connectivity index (χ1v) is 11.5. The zero-order valence-corrected chi connectivity index (χ0v) is 20.4. The van der Waals surface area contributed by atoms with E-state index in [1.807, 2.05) is 44.2 Å². The van der Waals surface area contributed by atoms with Crippen molar-refractivity contribution >= 4 is 23.2 Å². The molecule has 0 saturated carbocycles. The summed E-state index contributed by atoms with van der Waals surface area (Å²) in [5.74, 6) is -0.411. The van der Waals surface area contributed by atoms with Gasteiger partial charge in [0.1, 0.15) is 5.69 Å². The quantitative estimate of drug-likeness (QED) is 0.327. The molecule has 14 nitrogen and oxygen atoms in total. The van der Waals surface area contributed by atoms with Gasteiger partial charge in [0.05, 0.1) is 29.5 Å². The number of carbonyl (C=O) groups is 2. The number of benzene rings is 1. The highest BCUT2D eigenvalue weighted by molar-refractivity contribution is 6.11. The molecular formula is C23H24N12O2. The molecule has 0 bridgehead atoms. The summed E-state index contributed by atoms with van der Waals surface area (Å²) in [7, 11) is 1.78. The number of anilines is 2. The molecule has 0 aliphatic rings. The fourth-order valence-corrected chi connectivity index (χ4v) is 3.64. The molecule has 1 aromatic carbocycles. The molecule has 37 heavy (non-hydrogen) atoms. The standard InChI is InChI=1S/C23H24N12O2/c1-4-34-20(23(37)26-18-12-24-32(3)15(18)2)19(13-25-34)27-22(36)17-10-11-33(29-17)14-35-30-21(28-31-35)16-8-6-5-7-9-16/h5-13H,4,14H2,1-3H3,(H,26,37)(H,27,36). The van der Waals surface area contributed by atoms with Crippen molar-refractivity contribution < 1.29 is 9.59 Å². The minimum atomic E-state index is -0.488. The van der Waals surface area contributed by atoms with Crippen molar-refractivity contribution in [2.75, 3.05) is 10.6 Å². The van der Waals surface area contributed by atoms with E-state index < -0.39 is 11.8 Å². The average molecular weight is 501 g/mol. The van der Waals surface area contributed by atoms with Gasteiger partial charge in [-0.15, -0.1) is 15.0 Å². The number of tetrazole rings is 1. The van der Waals surface area contributed by atoms with Gasteiger partial charge in [0.2, 0.25) is 5.82 Å². The maximum Gasteiger partial charge on any atom is 0.276 e. The molecule has 0 atom stereocenters. The predicted octanol–water partition coefficient (Wildman–Crippen LogP) is 1.81. The van der Waals surface area contributed by atoms with E-state index in [0.717, 1.165) is 11.3 Å². The van der Waals surface area contributed by atoms with Gasteiger partial charge in [-0.2, -0.15) is 15.3 Å². The van der Waals surface area contributed by atoms with Gasteiger partial charge in [-0.05, 0) is 25.1 Å². The van der Waals surface area contributed by atoms with Gasteiger partial charge < -0.3 is 10.6 Å². The number of aryl methyl sites for hydroxylation is 2. The van der Waals surface area contributed by atoms with E-state index in [1.165, 1.54) is 20.4 Å². The highest BCUT2D eigenvalue weighted by atomic mass is 16.2. The summed E-state index contributed by atoms with van der Waals surface area (Å²) in [5, 5.41) is 30.7. The lowest BCUT2D eigenvalue weighted by atomic mass is 10.2. The molecule has 0 unspecified atom stereocenters. The van der Waals surface area contributed by atoms with Gasteiger partial charge >= 0.3 is 0 Å². The second kappa shape index (κ2) is 9.85.